The average Bonchev–Trinajstić information content (AvgIpc) is 2.64. The second-order valence-electron chi connectivity index (χ2n) is 4.58. The van der Waals surface area contributed by atoms with Crippen molar-refractivity contribution in [3.05, 3.63) is 34.7 Å². The van der Waals surface area contributed by atoms with Crippen molar-refractivity contribution in [1.82, 2.24) is 14.5 Å². The second kappa shape index (κ2) is 4.08. The molecule has 1 saturated heterocycles. The van der Waals surface area contributed by atoms with Gasteiger partial charge in [-0.3, -0.25) is 24.0 Å². The molecule has 0 spiro atoms. The maximum Gasteiger partial charge on any atom is 0.329 e. The van der Waals surface area contributed by atoms with Crippen molar-refractivity contribution in [2.45, 2.75) is 18.9 Å². The van der Waals surface area contributed by atoms with E-state index in [-0.39, 0.29) is 18.0 Å². The van der Waals surface area contributed by atoms with E-state index >= 15 is 0 Å². The highest BCUT2D eigenvalue weighted by atomic mass is 16.2. The van der Waals surface area contributed by atoms with Gasteiger partial charge in [-0.05, 0) is 12.5 Å². The normalized spacial score (nSPS) is 19.7. The summed E-state index contributed by atoms with van der Waals surface area (Å²) in [5, 5.41) is 2.27. The second-order valence-corrected chi connectivity index (χ2v) is 4.58. The zero-order valence-electron chi connectivity index (χ0n) is 10.3. The average molecular weight is 258 g/mol. The van der Waals surface area contributed by atoms with Gasteiger partial charge in [-0.15, -0.1) is 0 Å². The zero-order chi connectivity index (χ0) is 13.6. The number of hydrogen-bond acceptors (Lipinski definition) is 3. The Morgan fingerprint density at radius 2 is 2.16 bits per heavy atom. The lowest BCUT2D eigenvalue weighted by Crippen LogP contribution is -2.44. The molecule has 1 atom stereocenters. The van der Waals surface area contributed by atoms with Gasteiger partial charge in [0, 0.05) is 19.5 Å². The Morgan fingerprint density at radius 1 is 1.37 bits per heavy atom. The summed E-state index contributed by atoms with van der Waals surface area (Å²) in [5.41, 5.74) is 1.04. The lowest BCUT2D eigenvalue weighted by Gasteiger charge is -2.21. The van der Waals surface area contributed by atoms with Crippen LogP contribution in [0, 0.1) is 6.07 Å². The molecule has 1 aliphatic rings. The largest absolute Gasteiger partial charge is 0.329 e. The zero-order valence-corrected chi connectivity index (χ0v) is 10.3. The number of amides is 2. The number of fused-ring (bicyclic) bond motifs is 1. The van der Waals surface area contributed by atoms with Gasteiger partial charge in [-0.25, -0.2) is 4.79 Å². The number of imidazole rings is 1. The summed E-state index contributed by atoms with van der Waals surface area (Å²) in [6, 6.07) is 7.61. The standard InChI is InChI=1S/C13H12N3O3/c1-15-8-4-2-3-5-9(8)16(13(15)19)10-6-7-11(17)14-12(10)18/h2-3,5,10H,6-7H2,1H3,(H,14,17,18). The minimum absolute atomic E-state index is 0.246. The molecule has 0 bridgehead atoms. The van der Waals surface area contributed by atoms with Crippen molar-refractivity contribution < 1.29 is 9.59 Å². The summed E-state index contributed by atoms with van der Waals surface area (Å²) in [6.45, 7) is 0. The van der Waals surface area contributed by atoms with Crippen LogP contribution in [0.25, 0.3) is 11.0 Å². The molecule has 1 aliphatic heterocycles. The Bertz CT molecular complexity index is 741. The van der Waals surface area contributed by atoms with Crippen molar-refractivity contribution in [3.8, 4) is 0 Å². The Labute approximate surface area is 108 Å². The number of aromatic nitrogens is 2. The van der Waals surface area contributed by atoms with Gasteiger partial charge < -0.3 is 0 Å². The molecular formula is C13H12N3O3. The van der Waals surface area contributed by atoms with Crippen molar-refractivity contribution in [2.75, 3.05) is 0 Å². The van der Waals surface area contributed by atoms with Gasteiger partial charge in [0.2, 0.25) is 11.8 Å². The number of para-hydroxylation sites is 1. The van der Waals surface area contributed by atoms with Gasteiger partial charge in [0.25, 0.3) is 0 Å². The van der Waals surface area contributed by atoms with Gasteiger partial charge in [-0.1, -0.05) is 12.1 Å². The van der Waals surface area contributed by atoms with Crippen LogP contribution in [0.3, 0.4) is 0 Å². The smallest absolute Gasteiger partial charge is 0.295 e. The van der Waals surface area contributed by atoms with Gasteiger partial charge in [0.1, 0.15) is 6.04 Å². The summed E-state index contributed by atoms with van der Waals surface area (Å²) >= 11 is 0. The van der Waals surface area contributed by atoms with Crippen LogP contribution in [0.4, 0.5) is 0 Å². The highest BCUT2D eigenvalue weighted by Gasteiger charge is 2.30. The summed E-state index contributed by atoms with van der Waals surface area (Å²) in [7, 11) is 1.64. The third kappa shape index (κ3) is 1.68. The number of nitrogens with zero attached hydrogens (tertiary/aromatic N) is 2. The predicted octanol–water partition coefficient (Wildman–Crippen LogP) is 0.118. The molecule has 2 amide bonds. The number of piperidine rings is 1. The number of carbonyl (C=O) groups is 2. The van der Waals surface area contributed by atoms with Gasteiger partial charge in [0.15, 0.2) is 0 Å². The van der Waals surface area contributed by atoms with E-state index in [1.54, 1.807) is 25.2 Å². The van der Waals surface area contributed by atoms with Gasteiger partial charge in [-0.2, -0.15) is 0 Å². The van der Waals surface area contributed by atoms with Crippen LogP contribution in [0.1, 0.15) is 18.9 Å². The lowest BCUT2D eigenvalue weighted by atomic mass is 10.1. The number of carbonyl (C=O) groups excluding carboxylic acids is 2. The number of imide groups is 1. The van der Waals surface area contributed by atoms with Crippen LogP contribution >= 0.6 is 0 Å². The first kappa shape index (κ1) is 11.7. The van der Waals surface area contributed by atoms with E-state index < -0.39 is 11.9 Å². The number of rotatable bonds is 1. The molecule has 3 rings (SSSR count). The fourth-order valence-electron chi connectivity index (χ4n) is 2.47. The van der Waals surface area contributed by atoms with E-state index in [4.69, 9.17) is 0 Å². The van der Waals surface area contributed by atoms with E-state index in [0.29, 0.717) is 17.5 Å². The number of benzene rings is 1. The Hall–Kier alpha value is -2.37. The minimum Gasteiger partial charge on any atom is -0.295 e. The lowest BCUT2D eigenvalue weighted by molar-refractivity contribution is -0.135. The van der Waals surface area contributed by atoms with Crippen molar-refractivity contribution >= 4 is 22.8 Å². The highest BCUT2D eigenvalue weighted by Crippen LogP contribution is 2.22. The predicted molar refractivity (Wildman–Crippen MR) is 67.4 cm³/mol. The SMILES string of the molecule is Cn1c(=O)n(C2CCC(=O)NC2=O)c2ccc[c]c21. The van der Waals surface area contributed by atoms with Crippen molar-refractivity contribution in [2.24, 2.45) is 7.05 Å². The molecule has 1 unspecified atom stereocenters. The first-order valence-corrected chi connectivity index (χ1v) is 6.01. The van der Waals surface area contributed by atoms with E-state index in [9.17, 15) is 14.4 Å². The molecule has 0 saturated carbocycles. The van der Waals surface area contributed by atoms with Gasteiger partial charge in [0.05, 0.1) is 11.0 Å². The van der Waals surface area contributed by atoms with Crippen molar-refractivity contribution in [1.29, 1.82) is 0 Å². The molecule has 1 radical (unpaired) electrons. The molecule has 1 aromatic heterocycles. The molecule has 6 heteroatoms. The van der Waals surface area contributed by atoms with Crippen LogP contribution in [0.15, 0.2) is 23.0 Å². The molecule has 19 heavy (non-hydrogen) atoms. The van der Waals surface area contributed by atoms with E-state index in [0.717, 1.165) is 0 Å². The third-order valence-electron chi connectivity index (χ3n) is 3.42. The molecule has 1 aromatic carbocycles. The Balaban J connectivity index is 2.20. The fraction of sp³-hybridized carbons (Fsp3) is 0.308. The molecule has 2 heterocycles. The summed E-state index contributed by atoms with van der Waals surface area (Å²) in [5.74, 6) is -0.712. The first-order chi connectivity index (χ1) is 9.09. The van der Waals surface area contributed by atoms with Crippen molar-refractivity contribution in [3.63, 3.8) is 0 Å². The monoisotopic (exact) mass is 258 g/mol. The molecule has 2 aromatic rings. The highest BCUT2D eigenvalue weighted by molar-refractivity contribution is 6.00. The number of aryl methyl sites for hydroxylation is 1. The van der Waals surface area contributed by atoms with E-state index in [2.05, 4.69) is 11.4 Å². The van der Waals surface area contributed by atoms with Crippen LogP contribution in [-0.4, -0.2) is 20.9 Å². The van der Waals surface area contributed by atoms with Crippen LogP contribution < -0.4 is 11.0 Å². The molecule has 1 fully saturated rings. The first-order valence-electron chi connectivity index (χ1n) is 6.01. The minimum atomic E-state index is -0.635. The fourth-order valence-corrected chi connectivity index (χ4v) is 2.47. The Morgan fingerprint density at radius 3 is 2.89 bits per heavy atom. The molecule has 97 valence electrons. The van der Waals surface area contributed by atoms with Gasteiger partial charge >= 0.3 is 5.69 Å². The molecule has 6 nitrogen and oxygen atoms in total. The summed E-state index contributed by atoms with van der Waals surface area (Å²) in [6.07, 6.45) is 0.592. The van der Waals surface area contributed by atoms with E-state index in [1.807, 2.05) is 0 Å². The topological polar surface area (TPSA) is 73.1 Å². The van der Waals surface area contributed by atoms with E-state index in [1.165, 1.54) is 9.13 Å². The summed E-state index contributed by atoms with van der Waals surface area (Å²) < 4.78 is 2.90. The van der Waals surface area contributed by atoms with Crippen LogP contribution in [0.5, 0.6) is 0 Å². The molecular weight excluding hydrogens is 246 g/mol. The number of hydrogen-bond donors (Lipinski definition) is 1. The maximum atomic E-state index is 12.3. The molecule has 0 aliphatic carbocycles. The Kier molecular flexibility index (Phi) is 2.51. The third-order valence-corrected chi connectivity index (χ3v) is 3.42. The quantitative estimate of drug-likeness (QED) is 0.738. The number of nitrogens with one attached hydrogen (secondary N) is 1. The summed E-state index contributed by atoms with van der Waals surface area (Å²) in [4.78, 5) is 35.3. The van der Waals surface area contributed by atoms with Crippen LogP contribution in [0.2, 0.25) is 0 Å². The molecule has 1 N–H and O–H groups in total. The maximum absolute atomic E-state index is 12.3. The van der Waals surface area contributed by atoms with Crippen LogP contribution in [-0.2, 0) is 16.6 Å².